The molecule has 1 spiro atoms. The van der Waals surface area contributed by atoms with Crippen LogP contribution in [-0.4, -0.2) is 47.5 Å². The molecule has 0 saturated carbocycles. The van der Waals surface area contributed by atoms with Crippen LogP contribution < -0.4 is 9.47 Å². The first-order valence-corrected chi connectivity index (χ1v) is 9.06. The normalized spacial score (nSPS) is 20.2. The van der Waals surface area contributed by atoms with E-state index in [1.165, 1.54) is 5.56 Å². The second-order valence-electron chi connectivity index (χ2n) is 7.11. The number of benzene rings is 1. The van der Waals surface area contributed by atoms with Gasteiger partial charge in [-0.3, -0.25) is 9.89 Å². The van der Waals surface area contributed by atoms with Gasteiger partial charge in [-0.2, -0.15) is 5.10 Å². The van der Waals surface area contributed by atoms with E-state index < -0.39 is 0 Å². The Bertz CT molecular complexity index is 839. The summed E-state index contributed by atoms with van der Waals surface area (Å²) in [6, 6.07) is 5.69. The van der Waals surface area contributed by atoms with E-state index in [1.54, 1.807) is 0 Å². The number of hydrogen-bond acceptors (Lipinski definition) is 5. The Kier molecular flexibility index (Phi) is 3.63. The first kappa shape index (κ1) is 15.7. The minimum absolute atomic E-state index is 0.138. The number of aromatic amines is 1. The van der Waals surface area contributed by atoms with Crippen molar-refractivity contribution >= 4 is 5.91 Å². The van der Waals surface area contributed by atoms with Crippen molar-refractivity contribution in [3.8, 4) is 11.5 Å². The van der Waals surface area contributed by atoms with E-state index in [2.05, 4.69) is 10.2 Å². The van der Waals surface area contributed by atoms with Crippen molar-refractivity contribution < 1.29 is 19.0 Å². The number of nitrogens with one attached hydrogen (secondary N) is 1. The van der Waals surface area contributed by atoms with Crippen LogP contribution in [0.2, 0.25) is 0 Å². The van der Waals surface area contributed by atoms with Crippen LogP contribution in [0.4, 0.5) is 0 Å². The molecule has 1 aromatic carbocycles. The van der Waals surface area contributed by atoms with Crippen LogP contribution in [0.3, 0.4) is 0 Å². The minimum atomic E-state index is -0.306. The summed E-state index contributed by atoms with van der Waals surface area (Å²) < 4.78 is 16.9. The maximum absolute atomic E-state index is 12.7. The molecule has 1 fully saturated rings. The number of H-pyrrole nitrogens is 1. The summed E-state index contributed by atoms with van der Waals surface area (Å²) in [4.78, 5) is 14.7. The monoisotopic (exact) mass is 355 g/mol. The number of rotatable bonds is 2. The zero-order valence-electron chi connectivity index (χ0n) is 14.5. The molecule has 7 nitrogen and oxygen atoms in total. The third-order valence-corrected chi connectivity index (χ3v) is 5.64. The van der Waals surface area contributed by atoms with Gasteiger partial charge in [0.2, 0.25) is 12.7 Å². The molecule has 0 bridgehead atoms. The molecular formula is C19H21N3O4. The lowest BCUT2D eigenvalue weighted by Gasteiger charge is -2.43. The fourth-order valence-electron chi connectivity index (χ4n) is 4.17. The number of amides is 1. The zero-order chi connectivity index (χ0) is 17.6. The summed E-state index contributed by atoms with van der Waals surface area (Å²) in [6.07, 6.45) is 4.78. The van der Waals surface area contributed by atoms with Crippen molar-refractivity contribution in [2.45, 2.75) is 31.3 Å². The number of aromatic nitrogens is 2. The van der Waals surface area contributed by atoms with E-state index in [0.29, 0.717) is 19.5 Å². The van der Waals surface area contributed by atoms with E-state index in [9.17, 15) is 4.79 Å². The number of hydrogen-bond donors (Lipinski definition) is 1. The van der Waals surface area contributed by atoms with E-state index in [-0.39, 0.29) is 18.3 Å². The zero-order valence-corrected chi connectivity index (χ0v) is 14.5. The first-order valence-electron chi connectivity index (χ1n) is 9.06. The van der Waals surface area contributed by atoms with E-state index >= 15 is 0 Å². The molecule has 1 saturated heterocycles. The van der Waals surface area contributed by atoms with Gasteiger partial charge in [-0.1, -0.05) is 6.07 Å². The van der Waals surface area contributed by atoms with Gasteiger partial charge >= 0.3 is 0 Å². The predicted octanol–water partition coefficient (Wildman–Crippen LogP) is 1.77. The molecule has 1 N–H and O–H groups in total. The summed E-state index contributed by atoms with van der Waals surface area (Å²) in [7, 11) is 0. The molecule has 1 aromatic heterocycles. The van der Waals surface area contributed by atoms with Gasteiger partial charge in [0.15, 0.2) is 11.5 Å². The molecule has 1 amide bonds. The lowest BCUT2D eigenvalue weighted by Crippen LogP contribution is -2.48. The van der Waals surface area contributed by atoms with Gasteiger partial charge in [-0.25, -0.2) is 0 Å². The molecule has 3 aliphatic rings. The van der Waals surface area contributed by atoms with E-state index in [4.69, 9.17) is 14.2 Å². The van der Waals surface area contributed by atoms with Crippen molar-refractivity contribution in [2.24, 2.45) is 0 Å². The van der Waals surface area contributed by atoms with Crippen molar-refractivity contribution in [2.75, 3.05) is 26.5 Å². The third kappa shape index (κ3) is 2.54. The van der Waals surface area contributed by atoms with Gasteiger partial charge in [-0.05, 0) is 42.5 Å². The van der Waals surface area contributed by atoms with E-state index in [0.717, 1.165) is 48.6 Å². The maximum atomic E-state index is 12.7. The fraction of sp³-hybridized carbons (Fsp3) is 0.474. The second-order valence-corrected chi connectivity index (χ2v) is 7.11. The van der Waals surface area contributed by atoms with Crippen LogP contribution in [0, 0.1) is 0 Å². The Morgan fingerprint density at radius 3 is 2.96 bits per heavy atom. The third-order valence-electron chi connectivity index (χ3n) is 5.64. The number of carbonyl (C=O) groups is 1. The maximum Gasteiger partial charge on any atom is 0.231 e. The predicted molar refractivity (Wildman–Crippen MR) is 92.0 cm³/mol. The summed E-state index contributed by atoms with van der Waals surface area (Å²) in [5.74, 6) is 1.60. The molecule has 4 heterocycles. The van der Waals surface area contributed by atoms with Gasteiger partial charge in [0.1, 0.15) is 5.60 Å². The molecule has 0 unspecified atom stereocenters. The Morgan fingerprint density at radius 2 is 2.08 bits per heavy atom. The molecule has 0 radical (unpaired) electrons. The average molecular weight is 355 g/mol. The summed E-state index contributed by atoms with van der Waals surface area (Å²) in [5, 5.41) is 7.31. The van der Waals surface area contributed by atoms with Gasteiger partial charge in [0.05, 0.1) is 24.9 Å². The highest BCUT2D eigenvalue weighted by Gasteiger charge is 2.43. The van der Waals surface area contributed by atoms with Crippen LogP contribution in [0.25, 0.3) is 0 Å². The van der Waals surface area contributed by atoms with Crippen LogP contribution >= 0.6 is 0 Å². The number of ether oxygens (including phenoxy) is 3. The van der Waals surface area contributed by atoms with Crippen molar-refractivity contribution in [1.82, 2.24) is 15.1 Å². The topological polar surface area (TPSA) is 76.7 Å². The Morgan fingerprint density at radius 1 is 1.23 bits per heavy atom. The van der Waals surface area contributed by atoms with Gasteiger partial charge < -0.3 is 19.1 Å². The molecule has 3 aliphatic heterocycles. The summed E-state index contributed by atoms with van der Waals surface area (Å²) in [6.45, 7) is 2.36. The Labute approximate surface area is 151 Å². The molecule has 2 aromatic rings. The van der Waals surface area contributed by atoms with Gasteiger partial charge in [0, 0.05) is 13.1 Å². The quantitative estimate of drug-likeness (QED) is 0.888. The standard InChI is InChI=1S/C19H21N3O4/c23-17(10-13-1-2-15-16(9-13)25-12-24-15)22-6-4-19(5-7-22)18-14(3-8-26-19)11-20-21-18/h1-2,9,11H,3-8,10,12H2,(H,20,21). The van der Waals surface area contributed by atoms with E-state index in [1.807, 2.05) is 29.3 Å². The second kappa shape index (κ2) is 6.02. The Hall–Kier alpha value is -2.54. The van der Waals surface area contributed by atoms with Gasteiger partial charge in [0.25, 0.3) is 0 Å². The molecule has 136 valence electrons. The van der Waals surface area contributed by atoms with Crippen molar-refractivity contribution in [3.05, 3.63) is 41.2 Å². The molecule has 7 heteroatoms. The number of likely N-dealkylation sites (tertiary alicyclic amines) is 1. The molecule has 0 atom stereocenters. The summed E-state index contributed by atoms with van der Waals surface area (Å²) >= 11 is 0. The summed E-state index contributed by atoms with van der Waals surface area (Å²) in [5.41, 5.74) is 2.99. The minimum Gasteiger partial charge on any atom is -0.454 e. The largest absolute Gasteiger partial charge is 0.454 e. The van der Waals surface area contributed by atoms with Crippen molar-refractivity contribution in [1.29, 1.82) is 0 Å². The first-order chi connectivity index (χ1) is 12.7. The van der Waals surface area contributed by atoms with Crippen LogP contribution in [0.1, 0.15) is 29.7 Å². The lowest BCUT2D eigenvalue weighted by atomic mass is 9.83. The van der Waals surface area contributed by atoms with Crippen LogP contribution in [0.5, 0.6) is 11.5 Å². The van der Waals surface area contributed by atoms with Crippen LogP contribution in [-0.2, 0) is 28.0 Å². The van der Waals surface area contributed by atoms with Gasteiger partial charge in [-0.15, -0.1) is 0 Å². The highest BCUT2D eigenvalue weighted by atomic mass is 16.7. The SMILES string of the molecule is O=C(Cc1ccc2c(c1)OCO2)N1CCC2(CC1)OCCc1cn[nH]c12. The average Bonchev–Trinajstić information content (AvgIpc) is 3.31. The lowest BCUT2D eigenvalue weighted by molar-refractivity contribution is -0.140. The Balaban J connectivity index is 1.25. The number of nitrogens with zero attached hydrogens (tertiary/aromatic N) is 2. The smallest absolute Gasteiger partial charge is 0.231 e. The molecule has 26 heavy (non-hydrogen) atoms. The highest BCUT2D eigenvalue weighted by Crippen LogP contribution is 2.40. The van der Waals surface area contributed by atoms with Crippen LogP contribution in [0.15, 0.2) is 24.4 Å². The molecule has 0 aliphatic carbocycles. The number of carbonyl (C=O) groups excluding carboxylic acids is 1. The molecular weight excluding hydrogens is 334 g/mol. The molecule has 5 rings (SSSR count). The number of fused-ring (bicyclic) bond motifs is 3. The number of piperidine rings is 1. The van der Waals surface area contributed by atoms with Crippen molar-refractivity contribution in [3.63, 3.8) is 0 Å². The fourth-order valence-corrected chi connectivity index (χ4v) is 4.17. The highest BCUT2D eigenvalue weighted by molar-refractivity contribution is 5.79.